The molecule has 2 aromatic carbocycles. The largest absolute Gasteiger partial charge is 0.458 e. The van der Waals surface area contributed by atoms with Crippen LogP contribution in [0.1, 0.15) is 47.1 Å². The van der Waals surface area contributed by atoms with Gasteiger partial charge in [-0.25, -0.2) is 9.63 Å². The van der Waals surface area contributed by atoms with Crippen LogP contribution in [-0.4, -0.2) is 34.6 Å². The Kier molecular flexibility index (Phi) is 5.10. The second-order valence-electron chi connectivity index (χ2n) is 7.27. The molecule has 0 bridgehead atoms. The van der Waals surface area contributed by atoms with Crippen LogP contribution in [0.5, 0.6) is 0 Å². The number of hydroxylamine groups is 2. The number of fused-ring (bicyclic) bond motifs is 1. The van der Waals surface area contributed by atoms with Gasteiger partial charge >= 0.3 is 5.97 Å². The molecule has 0 fully saturated rings. The number of esters is 1. The quantitative estimate of drug-likeness (QED) is 0.599. The van der Waals surface area contributed by atoms with E-state index in [1.807, 2.05) is 30.3 Å². The van der Waals surface area contributed by atoms with E-state index in [4.69, 9.17) is 9.57 Å². The normalized spacial score (nSPS) is 14.9. The summed E-state index contributed by atoms with van der Waals surface area (Å²) in [4.78, 5) is 43.3. The van der Waals surface area contributed by atoms with Crippen LogP contribution in [0.3, 0.4) is 0 Å². The SMILES string of the molecule is CC(C)(C)OC(=O)C(Cc1ccccc1)ON1C(=O)c2ccccc2C1=O. The van der Waals surface area contributed by atoms with E-state index in [1.54, 1.807) is 45.0 Å². The Hall–Kier alpha value is -2.99. The molecule has 6 nitrogen and oxygen atoms in total. The van der Waals surface area contributed by atoms with Crippen molar-refractivity contribution in [2.75, 3.05) is 0 Å². The molecule has 1 aliphatic rings. The highest BCUT2D eigenvalue weighted by Crippen LogP contribution is 2.25. The molecule has 1 heterocycles. The van der Waals surface area contributed by atoms with Gasteiger partial charge < -0.3 is 4.74 Å². The lowest BCUT2D eigenvalue weighted by atomic mass is 10.1. The van der Waals surface area contributed by atoms with Gasteiger partial charge in [0.15, 0.2) is 6.10 Å². The van der Waals surface area contributed by atoms with Crippen LogP contribution in [0.25, 0.3) is 0 Å². The summed E-state index contributed by atoms with van der Waals surface area (Å²) in [6, 6.07) is 15.7. The second kappa shape index (κ2) is 7.32. The number of carbonyl (C=O) groups excluding carboxylic acids is 3. The minimum atomic E-state index is -1.13. The van der Waals surface area contributed by atoms with E-state index < -0.39 is 29.5 Å². The van der Waals surface area contributed by atoms with Crippen molar-refractivity contribution in [1.29, 1.82) is 0 Å². The fourth-order valence-corrected chi connectivity index (χ4v) is 2.75. The van der Waals surface area contributed by atoms with Gasteiger partial charge in [-0.05, 0) is 38.5 Å². The molecule has 0 N–H and O–H groups in total. The van der Waals surface area contributed by atoms with Gasteiger partial charge in [-0.3, -0.25) is 9.59 Å². The van der Waals surface area contributed by atoms with Gasteiger partial charge in [-0.1, -0.05) is 42.5 Å². The van der Waals surface area contributed by atoms with Crippen molar-refractivity contribution in [2.24, 2.45) is 0 Å². The number of hydrogen-bond acceptors (Lipinski definition) is 5. The van der Waals surface area contributed by atoms with Crippen LogP contribution in [0, 0.1) is 0 Å². The summed E-state index contributed by atoms with van der Waals surface area (Å²) < 4.78 is 5.42. The highest BCUT2D eigenvalue weighted by molar-refractivity contribution is 6.20. The summed E-state index contributed by atoms with van der Waals surface area (Å²) in [5.41, 5.74) is 0.609. The molecular weight excluding hydrogens is 346 g/mol. The van der Waals surface area contributed by atoms with Gasteiger partial charge in [-0.2, -0.15) is 0 Å². The fraction of sp³-hybridized carbons (Fsp3) is 0.286. The van der Waals surface area contributed by atoms with Crippen molar-refractivity contribution in [1.82, 2.24) is 5.06 Å². The number of ether oxygens (including phenoxy) is 1. The molecule has 27 heavy (non-hydrogen) atoms. The predicted molar refractivity (Wildman–Crippen MR) is 97.8 cm³/mol. The lowest BCUT2D eigenvalue weighted by molar-refractivity contribution is -0.189. The number of carbonyl (C=O) groups is 3. The van der Waals surface area contributed by atoms with Gasteiger partial charge in [0.1, 0.15) is 5.60 Å². The summed E-state index contributed by atoms with van der Waals surface area (Å²) in [6.07, 6.45) is -0.961. The average molecular weight is 367 g/mol. The number of amides is 2. The predicted octanol–water partition coefficient (Wildman–Crippen LogP) is 3.17. The molecule has 2 amide bonds. The molecule has 1 unspecified atom stereocenters. The minimum absolute atomic E-state index is 0.170. The molecule has 6 heteroatoms. The van der Waals surface area contributed by atoms with Gasteiger partial charge in [0.25, 0.3) is 11.8 Å². The number of nitrogens with zero attached hydrogens (tertiary/aromatic N) is 1. The van der Waals surface area contributed by atoms with Crippen molar-refractivity contribution in [3.8, 4) is 0 Å². The standard InChI is InChI=1S/C21H21NO5/c1-21(2,3)26-20(25)17(13-14-9-5-4-6-10-14)27-22-18(23)15-11-7-8-12-16(15)19(22)24/h4-12,17H,13H2,1-3H3. The van der Waals surface area contributed by atoms with E-state index in [2.05, 4.69) is 0 Å². The Morgan fingerprint density at radius 3 is 1.96 bits per heavy atom. The first-order valence-electron chi connectivity index (χ1n) is 8.67. The summed E-state index contributed by atoms with van der Waals surface area (Å²) in [5.74, 6) is -1.81. The van der Waals surface area contributed by atoms with Crippen LogP contribution in [0.15, 0.2) is 54.6 Å². The van der Waals surface area contributed by atoms with E-state index in [0.29, 0.717) is 5.06 Å². The minimum Gasteiger partial charge on any atom is -0.458 e. The monoisotopic (exact) mass is 367 g/mol. The Labute approximate surface area is 157 Å². The molecule has 1 atom stereocenters. The fourth-order valence-electron chi connectivity index (χ4n) is 2.75. The topological polar surface area (TPSA) is 72.9 Å². The zero-order chi connectivity index (χ0) is 19.6. The van der Waals surface area contributed by atoms with Gasteiger partial charge in [0, 0.05) is 6.42 Å². The molecular formula is C21H21NO5. The van der Waals surface area contributed by atoms with Crippen LogP contribution in [0.4, 0.5) is 0 Å². The number of imide groups is 1. The van der Waals surface area contributed by atoms with E-state index in [-0.39, 0.29) is 17.5 Å². The Balaban J connectivity index is 1.84. The van der Waals surface area contributed by atoms with Crippen LogP contribution < -0.4 is 0 Å². The van der Waals surface area contributed by atoms with Crippen LogP contribution in [0.2, 0.25) is 0 Å². The highest BCUT2D eigenvalue weighted by Gasteiger charge is 2.40. The molecule has 0 saturated carbocycles. The maximum atomic E-state index is 12.6. The van der Waals surface area contributed by atoms with Crippen LogP contribution >= 0.6 is 0 Å². The summed E-state index contributed by atoms with van der Waals surface area (Å²) >= 11 is 0. The van der Waals surface area contributed by atoms with E-state index >= 15 is 0 Å². The van der Waals surface area contributed by atoms with Crippen LogP contribution in [-0.2, 0) is 20.8 Å². The maximum Gasteiger partial charge on any atom is 0.338 e. The molecule has 0 radical (unpaired) electrons. The van der Waals surface area contributed by atoms with E-state index in [9.17, 15) is 14.4 Å². The first kappa shape index (κ1) is 18.8. The lowest BCUT2D eigenvalue weighted by Crippen LogP contribution is -2.42. The zero-order valence-corrected chi connectivity index (χ0v) is 15.5. The lowest BCUT2D eigenvalue weighted by Gasteiger charge is -2.26. The van der Waals surface area contributed by atoms with Gasteiger partial charge in [0.2, 0.25) is 0 Å². The number of benzene rings is 2. The van der Waals surface area contributed by atoms with Crippen molar-refractivity contribution in [2.45, 2.75) is 38.9 Å². The molecule has 2 aromatic rings. The first-order chi connectivity index (χ1) is 12.8. The third-order valence-electron chi connectivity index (χ3n) is 3.92. The molecule has 0 aromatic heterocycles. The second-order valence-corrected chi connectivity index (χ2v) is 7.27. The van der Waals surface area contributed by atoms with Gasteiger partial charge in [-0.15, -0.1) is 5.06 Å². The third kappa shape index (κ3) is 4.23. The molecule has 0 saturated heterocycles. The smallest absolute Gasteiger partial charge is 0.338 e. The average Bonchev–Trinajstić information content (AvgIpc) is 2.86. The molecule has 0 spiro atoms. The Bertz CT molecular complexity index is 835. The summed E-state index contributed by atoms with van der Waals surface area (Å²) in [5, 5.41) is 0.655. The van der Waals surface area contributed by atoms with Crippen molar-refractivity contribution in [3.05, 3.63) is 71.3 Å². The van der Waals surface area contributed by atoms with Crippen molar-refractivity contribution in [3.63, 3.8) is 0 Å². The van der Waals surface area contributed by atoms with Crippen molar-refractivity contribution < 1.29 is 24.0 Å². The summed E-state index contributed by atoms with van der Waals surface area (Å²) in [6.45, 7) is 5.23. The molecule has 1 aliphatic heterocycles. The van der Waals surface area contributed by atoms with Crippen molar-refractivity contribution >= 4 is 17.8 Å². The Morgan fingerprint density at radius 1 is 0.926 bits per heavy atom. The maximum absolute atomic E-state index is 12.6. The summed E-state index contributed by atoms with van der Waals surface area (Å²) in [7, 11) is 0. The van der Waals surface area contributed by atoms with E-state index in [0.717, 1.165) is 5.56 Å². The highest BCUT2D eigenvalue weighted by atomic mass is 16.7. The molecule has 0 aliphatic carbocycles. The Morgan fingerprint density at radius 2 is 1.44 bits per heavy atom. The number of rotatable bonds is 5. The third-order valence-corrected chi connectivity index (χ3v) is 3.92. The van der Waals surface area contributed by atoms with E-state index in [1.165, 1.54) is 0 Å². The van der Waals surface area contributed by atoms with Gasteiger partial charge in [0.05, 0.1) is 11.1 Å². The zero-order valence-electron chi connectivity index (χ0n) is 15.5. The first-order valence-corrected chi connectivity index (χ1v) is 8.67. The molecule has 140 valence electrons. The number of hydrogen-bond donors (Lipinski definition) is 0. The molecule has 3 rings (SSSR count).